The van der Waals surface area contributed by atoms with Crippen LogP contribution in [-0.4, -0.2) is 48.9 Å². The van der Waals surface area contributed by atoms with E-state index in [2.05, 4.69) is 16.0 Å². The molecule has 4 N–H and O–H groups in total. The molecule has 0 radical (unpaired) electrons. The summed E-state index contributed by atoms with van der Waals surface area (Å²) in [6.45, 7) is 4.87. The molecule has 3 rings (SSSR count). The summed E-state index contributed by atoms with van der Waals surface area (Å²) < 4.78 is 10.6. The second-order valence-corrected chi connectivity index (χ2v) is 10.2. The van der Waals surface area contributed by atoms with Crippen molar-refractivity contribution < 1.29 is 24.2 Å². The zero-order valence-corrected chi connectivity index (χ0v) is 24.7. The van der Waals surface area contributed by atoms with Crippen LogP contribution in [0.5, 0.6) is 5.75 Å². The maximum atomic E-state index is 13.4. The number of carbonyl (C=O) groups is 2. The van der Waals surface area contributed by atoms with Crippen molar-refractivity contribution in [2.45, 2.75) is 58.0 Å². The third kappa shape index (κ3) is 12.2. The second-order valence-electron chi connectivity index (χ2n) is 10.2. The first-order valence-electron chi connectivity index (χ1n) is 13.7. The number of hydrogen-bond donors (Lipinski definition) is 4. The molecule has 8 nitrogen and oxygen atoms in total. The molecule has 222 valence electrons. The molecule has 0 aliphatic carbocycles. The van der Waals surface area contributed by atoms with Crippen LogP contribution in [0.4, 0.5) is 4.79 Å². The number of ether oxygens (including phenoxy) is 2. The molecular formula is C32H42ClN3O5. The van der Waals surface area contributed by atoms with Crippen molar-refractivity contribution in [1.82, 2.24) is 16.0 Å². The minimum atomic E-state index is -0.875. The normalized spacial score (nSPS) is 12.9. The smallest absolute Gasteiger partial charge is 0.408 e. The Kier molecular flexibility index (Phi) is 14.7. The van der Waals surface area contributed by atoms with E-state index in [0.717, 1.165) is 22.4 Å². The molecule has 3 aromatic rings. The fourth-order valence-electron chi connectivity index (χ4n) is 4.33. The Labute approximate surface area is 249 Å². The van der Waals surface area contributed by atoms with Crippen molar-refractivity contribution in [3.8, 4) is 5.75 Å². The molecule has 0 unspecified atom stereocenters. The van der Waals surface area contributed by atoms with Crippen molar-refractivity contribution in [2.24, 2.45) is 5.92 Å². The largest absolute Gasteiger partial charge is 0.497 e. The standard InChI is InChI=1S/C32H41N3O5.ClH/c1-23(2)17-29(35-32(38)40-22-25-13-8-5-9-14-25)31(37)34-28(19-24-11-6-4-7-12-24)30(36)21-33-20-26-15-10-16-27(18-26)39-3;/h4-16,18,23,28-30,33,36H,17,19-22H2,1-3H3,(H,34,37)(H,35,38);1H/t28-,29-,30+;/m0./s1. The summed E-state index contributed by atoms with van der Waals surface area (Å²) in [6, 6.07) is 25.4. The molecule has 0 spiro atoms. The highest BCUT2D eigenvalue weighted by Crippen LogP contribution is 2.13. The molecule has 0 aromatic heterocycles. The van der Waals surface area contributed by atoms with Crippen LogP contribution in [-0.2, 0) is 29.1 Å². The number of amides is 2. The summed E-state index contributed by atoms with van der Waals surface area (Å²) in [5.74, 6) is 0.547. The predicted molar refractivity (Wildman–Crippen MR) is 163 cm³/mol. The number of aliphatic hydroxyl groups excluding tert-OH is 1. The molecule has 0 aliphatic heterocycles. The Morgan fingerprint density at radius 2 is 1.49 bits per heavy atom. The molecule has 3 atom stereocenters. The van der Waals surface area contributed by atoms with Crippen LogP contribution < -0.4 is 20.7 Å². The van der Waals surface area contributed by atoms with Crippen molar-refractivity contribution >= 4 is 24.4 Å². The highest BCUT2D eigenvalue weighted by atomic mass is 35.5. The van der Waals surface area contributed by atoms with Gasteiger partial charge >= 0.3 is 6.09 Å². The molecule has 0 aliphatic rings. The molecule has 2 amide bonds. The minimum Gasteiger partial charge on any atom is -0.497 e. The molecule has 0 saturated carbocycles. The minimum absolute atomic E-state index is 0. The van der Waals surface area contributed by atoms with E-state index in [1.165, 1.54) is 0 Å². The lowest BCUT2D eigenvalue weighted by atomic mass is 9.98. The van der Waals surface area contributed by atoms with Crippen molar-refractivity contribution in [2.75, 3.05) is 13.7 Å². The first-order valence-corrected chi connectivity index (χ1v) is 13.7. The van der Waals surface area contributed by atoms with Crippen molar-refractivity contribution in [1.29, 1.82) is 0 Å². The maximum Gasteiger partial charge on any atom is 0.408 e. The molecule has 0 saturated heterocycles. The number of nitrogens with one attached hydrogen (secondary N) is 3. The van der Waals surface area contributed by atoms with E-state index in [1.54, 1.807) is 7.11 Å². The lowest BCUT2D eigenvalue weighted by Crippen LogP contribution is -2.55. The molecule has 3 aromatic carbocycles. The molecule has 41 heavy (non-hydrogen) atoms. The highest BCUT2D eigenvalue weighted by molar-refractivity contribution is 5.86. The SMILES string of the molecule is COc1cccc(CNC[C@@H](O)[C@H](Cc2ccccc2)NC(=O)[C@H](CC(C)C)NC(=O)OCc2ccccc2)c1.Cl. The molecule has 0 fully saturated rings. The van der Waals surface area contributed by atoms with Gasteiger partial charge in [-0.05, 0) is 47.6 Å². The van der Waals surface area contributed by atoms with Gasteiger partial charge < -0.3 is 30.5 Å². The van der Waals surface area contributed by atoms with Gasteiger partial charge in [-0.3, -0.25) is 4.79 Å². The monoisotopic (exact) mass is 583 g/mol. The van der Waals surface area contributed by atoms with E-state index in [4.69, 9.17) is 9.47 Å². The van der Waals surface area contributed by atoms with E-state index in [9.17, 15) is 14.7 Å². The van der Waals surface area contributed by atoms with E-state index in [-0.39, 0.29) is 37.4 Å². The zero-order chi connectivity index (χ0) is 28.7. The fourth-order valence-corrected chi connectivity index (χ4v) is 4.33. The number of alkyl carbamates (subject to hydrolysis) is 1. The first kappa shape index (κ1) is 33.6. The van der Waals surface area contributed by atoms with Gasteiger partial charge in [0.15, 0.2) is 0 Å². The van der Waals surface area contributed by atoms with Gasteiger partial charge in [-0.15, -0.1) is 12.4 Å². The molecule has 0 bridgehead atoms. The van der Waals surface area contributed by atoms with Gasteiger partial charge in [0.2, 0.25) is 5.91 Å². The van der Waals surface area contributed by atoms with Gasteiger partial charge in [0.25, 0.3) is 0 Å². The van der Waals surface area contributed by atoms with E-state index in [1.807, 2.05) is 98.8 Å². The average Bonchev–Trinajstić information content (AvgIpc) is 2.96. The fraction of sp³-hybridized carbons (Fsp3) is 0.375. The van der Waals surface area contributed by atoms with Crippen LogP contribution in [0, 0.1) is 5.92 Å². The molecule has 9 heteroatoms. The van der Waals surface area contributed by atoms with Crippen LogP contribution in [0.3, 0.4) is 0 Å². The quantitative estimate of drug-likeness (QED) is 0.208. The van der Waals surface area contributed by atoms with E-state index in [0.29, 0.717) is 19.4 Å². The summed E-state index contributed by atoms with van der Waals surface area (Å²) in [5, 5.41) is 20.1. The lowest BCUT2D eigenvalue weighted by molar-refractivity contribution is -0.125. The van der Waals surface area contributed by atoms with Gasteiger partial charge in [-0.25, -0.2) is 4.79 Å². The predicted octanol–water partition coefficient (Wildman–Crippen LogP) is 4.64. The van der Waals surface area contributed by atoms with E-state index < -0.39 is 24.3 Å². The summed E-state index contributed by atoms with van der Waals surface area (Å²) in [6.07, 6.45) is -0.681. The van der Waals surface area contributed by atoms with Gasteiger partial charge in [-0.2, -0.15) is 0 Å². The van der Waals surface area contributed by atoms with Crippen LogP contribution in [0.15, 0.2) is 84.9 Å². The van der Waals surface area contributed by atoms with Gasteiger partial charge in [-0.1, -0.05) is 86.6 Å². The van der Waals surface area contributed by atoms with Crippen LogP contribution in [0.25, 0.3) is 0 Å². The molecule has 0 heterocycles. The number of rotatable bonds is 15. The van der Waals surface area contributed by atoms with Crippen LogP contribution >= 0.6 is 12.4 Å². The number of benzene rings is 3. The van der Waals surface area contributed by atoms with Crippen molar-refractivity contribution in [3.05, 3.63) is 102 Å². The van der Waals surface area contributed by atoms with Gasteiger partial charge in [0.05, 0.1) is 19.3 Å². The summed E-state index contributed by atoms with van der Waals surface area (Å²) in [4.78, 5) is 26.0. The summed E-state index contributed by atoms with van der Waals surface area (Å²) in [7, 11) is 1.62. The van der Waals surface area contributed by atoms with Crippen LogP contribution in [0.2, 0.25) is 0 Å². The third-order valence-corrected chi connectivity index (χ3v) is 6.44. The topological polar surface area (TPSA) is 109 Å². The van der Waals surface area contributed by atoms with Gasteiger partial charge in [0, 0.05) is 13.1 Å². The number of hydrogen-bond acceptors (Lipinski definition) is 6. The first-order chi connectivity index (χ1) is 19.3. The highest BCUT2D eigenvalue weighted by Gasteiger charge is 2.28. The average molecular weight is 584 g/mol. The summed E-state index contributed by atoms with van der Waals surface area (Å²) in [5.41, 5.74) is 2.86. The number of halogens is 1. The Balaban J connectivity index is 0.00000588. The maximum absolute atomic E-state index is 13.4. The number of aliphatic hydroxyl groups is 1. The number of carbonyl (C=O) groups excluding carboxylic acids is 2. The second kappa shape index (κ2) is 18.0. The zero-order valence-electron chi connectivity index (χ0n) is 23.9. The Bertz CT molecular complexity index is 1180. The number of methoxy groups -OCH3 is 1. The van der Waals surface area contributed by atoms with Gasteiger partial charge in [0.1, 0.15) is 18.4 Å². The van der Waals surface area contributed by atoms with Crippen LogP contribution in [0.1, 0.15) is 37.0 Å². The summed E-state index contributed by atoms with van der Waals surface area (Å²) >= 11 is 0. The Morgan fingerprint density at radius 3 is 2.12 bits per heavy atom. The Hall–Kier alpha value is -3.59. The van der Waals surface area contributed by atoms with E-state index >= 15 is 0 Å². The van der Waals surface area contributed by atoms with Crippen molar-refractivity contribution in [3.63, 3.8) is 0 Å². The molecular weight excluding hydrogens is 542 g/mol. The lowest BCUT2D eigenvalue weighted by Gasteiger charge is -2.28. The third-order valence-electron chi connectivity index (χ3n) is 6.44. The Morgan fingerprint density at radius 1 is 0.854 bits per heavy atom.